The molecule has 1 aromatic heterocycles. The minimum atomic E-state index is -1.27. The highest BCUT2D eigenvalue weighted by Crippen LogP contribution is 2.26. The summed E-state index contributed by atoms with van der Waals surface area (Å²) in [6.45, 7) is 0.379. The van der Waals surface area contributed by atoms with Crippen LogP contribution in [0.4, 0.5) is 5.69 Å². The Morgan fingerprint density at radius 3 is 2.65 bits per heavy atom. The fraction of sp³-hybridized carbons (Fsp3) is 0.0435. The van der Waals surface area contributed by atoms with Crippen LogP contribution in [0.15, 0.2) is 71.3 Å². The van der Waals surface area contributed by atoms with Crippen LogP contribution < -0.4 is 10.1 Å². The second-order valence-corrected chi connectivity index (χ2v) is 6.59. The fourth-order valence-corrected chi connectivity index (χ4v) is 2.99. The highest BCUT2D eigenvalue weighted by molar-refractivity contribution is 6.12. The van der Waals surface area contributed by atoms with E-state index >= 15 is 0 Å². The largest absolute Gasteiger partial charge is 0.489 e. The first kappa shape index (κ1) is 19.7. The highest BCUT2D eigenvalue weighted by atomic mass is 16.5. The summed E-state index contributed by atoms with van der Waals surface area (Å²) in [6, 6.07) is 20.5. The van der Waals surface area contributed by atoms with Gasteiger partial charge in [-0.2, -0.15) is 5.26 Å². The zero-order valence-corrected chi connectivity index (χ0v) is 16.0. The van der Waals surface area contributed by atoms with Crippen molar-refractivity contribution in [3.8, 4) is 11.8 Å². The van der Waals surface area contributed by atoms with Crippen LogP contribution >= 0.6 is 0 Å². The standard InChI is InChI=1S/C23H15N3O5/c24-12-15-6-9-19(18(10-15)23(28)29)25-22(27)21-17-8-7-16(11-20(17)31-26-21)30-13-14-4-2-1-3-5-14/h1-11H,13H2,(H,25,27)(H,28,29). The average molecular weight is 413 g/mol. The number of amides is 1. The molecule has 0 saturated carbocycles. The highest BCUT2D eigenvalue weighted by Gasteiger charge is 2.20. The molecule has 0 saturated heterocycles. The van der Waals surface area contributed by atoms with Gasteiger partial charge in [0.15, 0.2) is 11.3 Å². The molecule has 1 amide bonds. The van der Waals surface area contributed by atoms with Gasteiger partial charge in [0.1, 0.15) is 12.4 Å². The van der Waals surface area contributed by atoms with Crippen molar-refractivity contribution in [3.63, 3.8) is 0 Å². The van der Waals surface area contributed by atoms with Crippen LogP contribution in [-0.4, -0.2) is 22.1 Å². The molecule has 8 heteroatoms. The monoisotopic (exact) mass is 413 g/mol. The van der Waals surface area contributed by atoms with Crippen molar-refractivity contribution in [2.75, 3.05) is 5.32 Å². The van der Waals surface area contributed by atoms with Crippen LogP contribution in [0.5, 0.6) is 5.75 Å². The van der Waals surface area contributed by atoms with Crippen LogP contribution in [-0.2, 0) is 6.61 Å². The molecule has 0 aliphatic rings. The number of aromatic carboxylic acids is 1. The van der Waals surface area contributed by atoms with Crippen molar-refractivity contribution in [1.29, 1.82) is 5.26 Å². The molecule has 0 radical (unpaired) electrons. The molecule has 0 aliphatic heterocycles. The molecule has 0 aliphatic carbocycles. The Bertz CT molecular complexity index is 1320. The van der Waals surface area contributed by atoms with Crippen molar-refractivity contribution in [2.24, 2.45) is 0 Å². The predicted molar refractivity (Wildman–Crippen MR) is 111 cm³/mol. The number of hydrogen-bond acceptors (Lipinski definition) is 6. The van der Waals surface area contributed by atoms with E-state index in [-0.39, 0.29) is 22.5 Å². The van der Waals surface area contributed by atoms with E-state index in [9.17, 15) is 14.7 Å². The lowest BCUT2D eigenvalue weighted by Crippen LogP contribution is -2.15. The molecule has 8 nitrogen and oxygen atoms in total. The van der Waals surface area contributed by atoms with E-state index in [1.165, 1.54) is 18.2 Å². The third-order valence-corrected chi connectivity index (χ3v) is 4.53. The first-order valence-electron chi connectivity index (χ1n) is 9.20. The Morgan fingerprint density at radius 2 is 1.90 bits per heavy atom. The quantitative estimate of drug-likeness (QED) is 0.484. The average Bonchev–Trinajstić information content (AvgIpc) is 3.22. The summed E-state index contributed by atoms with van der Waals surface area (Å²) < 4.78 is 11.0. The summed E-state index contributed by atoms with van der Waals surface area (Å²) >= 11 is 0. The summed E-state index contributed by atoms with van der Waals surface area (Å²) in [7, 11) is 0. The van der Waals surface area contributed by atoms with E-state index in [4.69, 9.17) is 14.5 Å². The number of rotatable bonds is 6. The Labute approximate surface area is 176 Å². The molecule has 4 aromatic rings. The Morgan fingerprint density at radius 1 is 1.10 bits per heavy atom. The number of carbonyl (C=O) groups is 2. The maximum atomic E-state index is 12.7. The first-order valence-corrected chi connectivity index (χ1v) is 9.20. The number of benzene rings is 3. The fourth-order valence-electron chi connectivity index (χ4n) is 2.99. The number of carboxylic acid groups (broad SMARTS) is 1. The number of nitrogens with zero attached hydrogens (tertiary/aromatic N) is 2. The smallest absolute Gasteiger partial charge is 0.337 e. The number of ether oxygens (including phenoxy) is 1. The van der Waals surface area contributed by atoms with Crippen molar-refractivity contribution in [1.82, 2.24) is 5.16 Å². The van der Waals surface area contributed by atoms with Gasteiger partial charge in [-0.05, 0) is 35.9 Å². The molecule has 152 valence electrons. The molecule has 0 bridgehead atoms. The molecule has 31 heavy (non-hydrogen) atoms. The Kier molecular flexibility index (Phi) is 5.32. The number of fused-ring (bicyclic) bond motifs is 1. The zero-order valence-electron chi connectivity index (χ0n) is 16.0. The number of aromatic nitrogens is 1. The van der Waals surface area contributed by atoms with E-state index in [1.54, 1.807) is 18.2 Å². The predicted octanol–water partition coefficient (Wildman–Crippen LogP) is 4.23. The zero-order chi connectivity index (χ0) is 21.8. The second-order valence-electron chi connectivity index (χ2n) is 6.59. The number of nitrogens with one attached hydrogen (secondary N) is 1. The van der Waals surface area contributed by atoms with Gasteiger partial charge in [0, 0.05) is 6.07 Å². The molecule has 0 atom stereocenters. The lowest BCUT2D eigenvalue weighted by atomic mass is 10.1. The molecule has 2 N–H and O–H groups in total. The summed E-state index contributed by atoms with van der Waals surface area (Å²) in [5.41, 5.74) is 1.40. The van der Waals surface area contributed by atoms with Gasteiger partial charge in [-0.1, -0.05) is 35.5 Å². The van der Waals surface area contributed by atoms with E-state index < -0.39 is 11.9 Å². The minimum Gasteiger partial charge on any atom is -0.489 e. The lowest BCUT2D eigenvalue weighted by Gasteiger charge is -2.08. The molecular formula is C23H15N3O5. The van der Waals surface area contributed by atoms with Crippen LogP contribution in [0.1, 0.15) is 32.0 Å². The number of anilines is 1. The van der Waals surface area contributed by atoms with Gasteiger partial charge in [-0.15, -0.1) is 0 Å². The molecule has 0 spiro atoms. The van der Waals surface area contributed by atoms with Gasteiger partial charge in [-0.25, -0.2) is 4.79 Å². The Hall–Kier alpha value is -4.64. The third kappa shape index (κ3) is 4.21. The number of nitriles is 1. The number of hydrogen-bond donors (Lipinski definition) is 2. The molecule has 1 heterocycles. The molecule has 0 unspecified atom stereocenters. The normalized spacial score (nSPS) is 10.4. The van der Waals surface area contributed by atoms with Crippen LogP contribution in [0, 0.1) is 11.3 Å². The van der Waals surface area contributed by atoms with E-state index in [0.717, 1.165) is 5.56 Å². The van der Waals surface area contributed by atoms with Crippen molar-refractivity contribution in [3.05, 3.63) is 89.1 Å². The topological polar surface area (TPSA) is 125 Å². The third-order valence-electron chi connectivity index (χ3n) is 4.53. The SMILES string of the molecule is N#Cc1ccc(NC(=O)c2noc3cc(OCc4ccccc4)ccc23)c(C(=O)O)c1. The van der Waals surface area contributed by atoms with Gasteiger partial charge in [0.05, 0.1) is 28.3 Å². The van der Waals surface area contributed by atoms with Gasteiger partial charge in [0.2, 0.25) is 0 Å². The van der Waals surface area contributed by atoms with Gasteiger partial charge in [0.25, 0.3) is 5.91 Å². The van der Waals surface area contributed by atoms with Gasteiger partial charge >= 0.3 is 5.97 Å². The maximum absolute atomic E-state index is 12.7. The van der Waals surface area contributed by atoms with Crippen molar-refractivity contribution >= 4 is 28.5 Å². The van der Waals surface area contributed by atoms with Crippen molar-refractivity contribution < 1.29 is 24.0 Å². The Balaban J connectivity index is 1.54. The minimum absolute atomic E-state index is 0.00491. The maximum Gasteiger partial charge on any atom is 0.337 e. The van der Waals surface area contributed by atoms with E-state index in [1.807, 2.05) is 36.4 Å². The van der Waals surface area contributed by atoms with Crippen LogP contribution in [0.3, 0.4) is 0 Å². The lowest BCUT2D eigenvalue weighted by molar-refractivity contribution is 0.0698. The van der Waals surface area contributed by atoms with Crippen LogP contribution in [0.25, 0.3) is 11.0 Å². The molecular weight excluding hydrogens is 398 g/mol. The van der Waals surface area contributed by atoms with E-state index in [0.29, 0.717) is 23.3 Å². The second kappa shape index (κ2) is 8.39. The number of carboxylic acids is 1. The first-order chi connectivity index (χ1) is 15.0. The van der Waals surface area contributed by atoms with Gasteiger partial charge in [-0.3, -0.25) is 4.79 Å². The number of carbonyl (C=O) groups excluding carboxylic acids is 1. The summed E-state index contributed by atoms with van der Waals surface area (Å²) in [5.74, 6) is -1.35. The summed E-state index contributed by atoms with van der Waals surface area (Å²) in [4.78, 5) is 24.2. The van der Waals surface area contributed by atoms with Crippen molar-refractivity contribution in [2.45, 2.75) is 6.61 Å². The molecule has 4 rings (SSSR count). The summed E-state index contributed by atoms with van der Waals surface area (Å²) in [5, 5.41) is 25.1. The van der Waals surface area contributed by atoms with E-state index in [2.05, 4.69) is 10.5 Å². The molecule has 3 aromatic carbocycles. The molecule has 0 fully saturated rings. The van der Waals surface area contributed by atoms with Gasteiger partial charge < -0.3 is 19.7 Å². The van der Waals surface area contributed by atoms with Crippen LogP contribution in [0.2, 0.25) is 0 Å². The summed E-state index contributed by atoms with van der Waals surface area (Å²) in [6.07, 6.45) is 0.